The van der Waals surface area contributed by atoms with Crippen molar-refractivity contribution in [3.63, 3.8) is 0 Å². The highest BCUT2D eigenvalue weighted by Gasteiger charge is 2.62. The van der Waals surface area contributed by atoms with Gasteiger partial charge in [-0.2, -0.15) is 0 Å². The summed E-state index contributed by atoms with van der Waals surface area (Å²) in [6.45, 7) is 2.97. The lowest BCUT2D eigenvalue weighted by atomic mass is 9.62. The largest absolute Gasteiger partial charge is 0.454 e. The van der Waals surface area contributed by atoms with Crippen molar-refractivity contribution >= 4 is 33.3 Å². The van der Waals surface area contributed by atoms with E-state index in [1.807, 2.05) is 36.4 Å². The number of carbonyl (C=O) groups excluding carboxylic acids is 2. The van der Waals surface area contributed by atoms with Crippen LogP contribution < -0.4 is 9.47 Å². The molecule has 2 saturated heterocycles. The van der Waals surface area contributed by atoms with Gasteiger partial charge in [0.25, 0.3) is 0 Å². The average molecular weight is 525 g/mol. The molecular weight excluding hydrogens is 500 g/mol. The van der Waals surface area contributed by atoms with E-state index in [-0.39, 0.29) is 55.1 Å². The van der Waals surface area contributed by atoms with Gasteiger partial charge in [-0.3, -0.25) is 19.4 Å². The molecule has 2 fully saturated rings. The van der Waals surface area contributed by atoms with Crippen LogP contribution in [0.3, 0.4) is 0 Å². The molecule has 34 heavy (non-hydrogen) atoms. The number of hydrogen-bond acceptors (Lipinski definition) is 6. The third kappa shape index (κ3) is 3.08. The number of benzene rings is 2. The summed E-state index contributed by atoms with van der Waals surface area (Å²) in [7, 11) is 1.60. The van der Waals surface area contributed by atoms with E-state index < -0.39 is 0 Å². The number of ether oxygens (including phenoxy) is 2. The summed E-state index contributed by atoms with van der Waals surface area (Å²) in [5.41, 5.74) is 4.04. The Morgan fingerprint density at radius 3 is 2.41 bits per heavy atom. The molecule has 4 aliphatic heterocycles. The molecular formula is C26H25BrN2O5. The van der Waals surface area contributed by atoms with Crippen molar-refractivity contribution in [2.45, 2.75) is 32.2 Å². The fourth-order valence-electron chi connectivity index (χ4n) is 6.15. The minimum Gasteiger partial charge on any atom is -0.454 e. The molecule has 0 spiro atoms. The number of aliphatic hydroxyl groups excluding tert-OH is 1. The first-order chi connectivity index (χ1) is 16.4. The Hall–Kier alpha value is -2.68. The third-order valence-electron chi connectivity index (χ3n) is 7.87. The first-order valence-electron chi connectivity index (χ1n) is 11.5. The van der Waals surface area contributed by atoms with Gasteiger partial charge in [-0.25, -0.2) is 0 Å². The molecule has 2 aromatic carbocycles. The van der Waals surface area contributed by atoms with Crippen LogP contribution in [0.1, 0.15) is 23.6 Å². The van der Waals surface area contributed by atoms with Crippen LogP contribution in [-0.4, -0.2) is 52.6 Å². The Kier molecular flexibility index (Phi) is 5.09. The van der Waals surface area contributed by atoms with Crippen LogP contribution in [0.5, 0.6) is 11.5 Å². The number of imide groups is 1. The zero-order chi connectivity index (χ0) is 23.7. The Balaban J connectivity index is 1.42. The summed E-state index contributed by atoms with van der Waals surface area (Å²) in [6.07, 6.45) is 2.19. The van der Waals surface area contributed by atoms with Gasteiger partial charge in [-0.05, 0) is 41.3 Å². The van der Waals surface area contributed by atoms with Crippen molar-refractivity contribution < 1.29 is 24.2 Å². The van der Waals surface area contributed by atoms with Crippen molar-refractivity contribution in [3.8, 4) is 11.5 Å². The van der Waals surface area contributed by atoms with Gasteiger partial charge >= 0.3 is 0 Å². The minimum atomic E-state index is -0.382. The normalized spacial score (nSPS) is 29.6. The summed E-state index contributed by atoms with van der Waals surface area (Å²) in [5.74, 6) is 0.409. The van der Waals surface area contributed by atoms with E-state index in [9.17, 15) is 14.7 Å². The molecule has 4 heterocycles. The van der Waals surface area contributed by atoms with E-state index in [0.29, 0.717) is 6.54 Å². The molecule has 1 aliphatic carbocycles. The molecule has 2 amide bonds. The zero-order valence-electron chi connectivity index (χ0n) is 18.9. The molecule has 5 atom stereocenters. The van der Waals surface area contributed by atoms with E-state index in [2.05, 4.69) is 33.8 Å². The second-order valence-electron chi connectivity index (χ2n) is 9.49. The highest BCUT2D eigenvalue weighted by molar-refractivity contribution is 9.10. The maximum absolute atomic E-state index is 13.2. The smallest absolute Gasteiger partial charge is 0.234 e. The highest BCUT2D eigenvalue weighted by Crippen LogP contribution is 2.54. The van der Waals surface area contributed by atoms with Gasteiger partial charge in [0.1, 0.15) is 0 Å². The molecule has 0 radical (unpaired) electrons. The Morgan fingerprint density at radius 1 is 1.03 bits per heavy atom. The van der Waals surface area contributed by atoms with Crippen molar-refractivity contribution in [1.82, 2.24) is 9.80 Å². The van der Waals surface area contributed by atoms with Crippen LogP contribution in [0.2, 0.25) is 0 Å². The van der Waals surface area contributed by atoms with Gasteiger partial charge in [0.2, 0.25) is 18.6 Å². The van der Waals surface area contributed by atoms with Crippen molar-refractivity contribution in [2.24, 2.45) is 17.8 Å². The fraction of sp³-hybridized carbons (Fsp3) is 0.385. The lowest BCUT2D eigenvalue weighted by molar-refractivity contribution is -0.138. The van der Waals surface area contributed by atoms with Crippen LogP contribution in [0.25, 0.3) is 5.57 Å². The number of carbonyl (C=O) groups is 2. The van der Waals surface area contributed by atoms with Crippen molar-refractivity contribution in [2.75, 3.05) is 13.8 Å². The lowest BCUT2D eigenvalue weighted by Crippen LogP contribution is -2.61. The Morgan fingerprint density at radius 2 is 1.71 bits per heavy atom. The number of halogens is 1. The van der Waals surface area contributed by atoms with Crippen LogP contribution >= 0.6 is 15.9 Å². The van der Waals surface area contributed by atoms with Crippen LogP contribution in [0.4, 0.5) is 0 Å². The first-order valence-corrected chi connectivity index (χ1v) is 12.3. The van der Waals surface area contributed by atoms with Gasteiger partial charge in [0.15, 0.2) is 11.5 Å². The monoisotopic (exact) mass is 524 g/mol. The highest BCUT2D eigenvalue weighted by atomic mass is 79.9. The van der Waals surface area contributed by atoms with Gasteiger partial charge in [-0.15, -0.1) is 0 Å². The molecule has 176 valence electrons. The van der Waals surface area contributed by atoms with E-state index >= 15 is 0 Å². The van der Waals surface area contributed by atoms with Gasteiger partial charge in [0.05, 0.1) is 18.4 Å². The second-order valence-corrected chi connectivity index (χ2v) is 10.3. The fourth-order valence-corrected chi connectivity index (χ4v) is 6.60. The number of piperidine rings is 1. The number of nitrogens with zero attached hydrogens (tertiary/aromatic N) is 2. The number of hydrogen-bond donors (Lipinski definition) is 1. The molecule has 5 aliphatic rings. The minimum absolute atomic E-state index is 0.0115. The number of fused-ring (bicyclic) bond motifs is 2. The quantitative estimate of drug-likeness (QED) is 0.618. The van der Waals surface area contributed by atoms with E-state index in [4.69, 9.17) is 9.47 Å². The standard InChI is InChI=1S/C26H25BrN2O5/c1-13-22-17(15-5-3-14(11-30)4-6-15)8-19(23-24(22)26(32)28(2)25(23)31)29(13)10-16-7-20-21(9-18(16)27)34-12-33-20/h3-9,13,19,22-24,30H,10-12H2,1-2H3. The predicted octanol–water partition coefficient (Wildman–Crippen LogP) is 3.19. The zero-order valence-corrected chi connectivity index (χ0v) is 20.5. The van der Waals surface area contributed by atoms with Gasteiger partial charge in [0, 0.05) is 36.1 Å². The Bertz CT molecular complexity index is 1230. The molecule has 0 aromatic heterocycles. The summed E-state index contributed by atoms with van der Waals surface area (Å²) in [5, 5.41) is 9.43. The number of rotatable bonds is 4. The molecule has 7 rings (SSSR count). The SMILES string of the molecule is CC1C2C(c3ccc(CO)cc3)=CC(C3C(=O)N(C)C(=O)C23)N1Cc1cc2c(cc1Br)OCO2. The van der Waals surface area contributed by atoms with Crippen LogP contribution in [-0.2, 0) is 22.7 Å². The summed E-state index contributed by atoms with van der Waals surface area (Å²) in [4.78, 5) is 30.0. The molecule has 5 unspecified atom stereocenters. The first kappa shape index (κ1) is 21.8. The molecule has 1 N–H and O–H groups in total. The second kappa shape index (κ2) is 7.93. The summed E-state index contributed by atoms with van der Waals surface area (Å²) in [6, 6.07) is 11.6. The number of amides is 2. The van der Waals surface area contributed by atoms with E-state index in [0.717, 1.165) is 38.2 Å². The molecule has 2 aromatic rings. The van der Waals surface area contributed by atoms with E-state index in [1.54, 1.807) is 7.05 Å². The lowest BCUT2D eigenvalue weighted by Gasteiger charge is -2.53. The topological polar surface area (TPSA) is 79.3 Å². The van der Waals surface area contributed by atoms with Gasteiger partial charge in [-0.1, -0.05) is 46.3 Å². The predicted molar refractivity (Wildman–Crippen MR) is 128 cm³/mol. The third-order valence-corrected chi connectivity index (χ3v) is 8.61. The van der Waals surface area contributed by atoms with Gasteiger partial charge < -0.3 is 14.6 Å². The van der Waals surface area contributed by atoms with Crippen molar-refractivity contribution in [3.05, 3.63) is 63.6 Å². The van der Waals surface area contributed by atoms with Crippen LogP contribution in [0, 0.1) is 17.8 Å². The van der Waals surface area contributed by atoms with Crippen LogP contribution in [0.15, 0.2) is 46.9 Å². The summed E-state index contributed by atoms with van der Waals surface area (Å²) >= 11 is 3.67. The Labute approximate surface area is 206 Å². The maximum atomic E-state index is 13.2. The summed E-state index contributed by atoms with van der Waals surface area (Å²) < 4.78 is 12.0. The maximum Gasteiger partial charge on any atom is 0.234 e. The molecule has 8 heteroatoms. The average Bonchev–Trinajstić information content (AvgIpc) is 3.39. The van der Waals surface area contributed by atoms with E-state index in [1.165, 1.54) is 4.90 Å². The number of aliphatic hydroxyl groups is 1. The molecule has 2 bridgehead atoms. The molecule has 7 nitrogen and oxygen atoms in total. The van der Waals surface area contributed by atoms with Crippen molar-refractivity contribution in [1.29, 1.82) is 0 Å². The molecule has 0 saturated carbocycles. The number of likely N-dealkylation sites (tertiary alicyclic amines) is 1.